The molecule has 0 heterocycles. The lowest BCUT2D eigenvalue weighted by atomic mass is 9.70. The highest BCUT2D eigenvalue weighted by Gasteiger charge is 2.52. The molecule has 0 N–H and O–H groups in total. The van der Waals surface area contributed by atoms with Gasteiger partial charge in [0.15, 0.2) is 0 Å². The average Bonchev–Trinajstić information content (AvgIpc) is 3.79. The Balaban J connectivity index is 1.11. The van der Waals surface area contributed by atoms with Crippen LogP contribution < -0.4 is 9.80 Å². The van der Waals surface area contributed by atoms with Gasteiger partial charge < -0.3 is 9.80 Å². The van der Waals surface area contributed by atoms with Crippen LogP contribution in [0.2, 0.25) is 0 Å². The highest BCUT2D eigenvalue weighted by molar-refractivity contribution is 6.01. The summed E-state index contributed by atoms with van der Waals surface area (Å²) < 4.78 is 0. The Hall–Kier alpha value is -7.94. The van der Waals surface area contributed by atoms with Gasteiger partial charge in [-0.1, -0.05) is 170 Å². The number of para-hydroxylation sites is 3. The van der Waals surface area contributed by atoms with Gasteiger partial charge in [-0.15, -0.1) is 0 Å². The maximum absolute atomic E-state index is 2.49. The van der Waals surface area contributed by atoms with E-state index in [9.17, 15) is 0 Å². The van der Waals surface area contributed by atoms with Crippen molar-refractivity contribution < 1.29 is 0 Å². The lowest BCUT2D eigenvalue weighted by molar-refractivity contribution is 0.793. The Morgan fingerprint density at radius 2 is 0.639 bits per heavy atom. The lowest BCUT2D eigenvalue weighted by Gasteiger charge is -2.33. The smallest absolute Gasteiger partial charge is 0.0727 e. The van der Waals surface area contributed by atoms with E-state index in [4.69, 9.17) is 0 Å². The van der Waals surface area contributed by atoms with Crippen LogP contribution in [0.5, 0.6) is 0 Å². The molecule has 0 saturated carbocycles. The minimum absolute atomic E-state index is 0.546. The van der Waals surface area contributed by atoms with E-state index in [-0.39, 0.29) is 0 Å². The summed E-state index contributed by atoms with van der Waals surface area (Å²) in [5, 5.41) is 2.45. The normalized spacial score (nSPS) is 14.3. The molecular weight excluding hydrogens is 737 g/mol. The van der Waals surface area contributed by atoms with E-state index in [1.54, 1.807) is 0 Å². The predicted molar refractivity (Wildman–Crippen MR) is 255 cm³/mol. The van der Waals surface area contributed by atoms with Gasteiger partial charge in [-0.25, -0.2) is 0 Å². The lowest BCUT2D eigenvalue weighted by Crippen LogP contribution is -2.26. The van der Waals surface area contributed by atoms with Crippen molar-refractivity contribution in [3.8, 4) is 33.4 Å². The summed E-state index contributed by atoms with van der Waals surface area (Å²) in [5.74, 6) is 0. The molecule has 286 valence electrons. The van der Waals surface area contributed by atoms with Gasteiger partial charge in [-0.3, -0.25) is 0 Å². The number of rotatable bonds is 7. The van der Waals surface area contributed by atoms with E-state index in [0.29, 0.717) is 0 Å². The first-order valence-corrected chi connectivity index (χ1v) is 21.1. The zero-order valence-corrected chi connectivity index (χ0v) is 33.5. The largest absolute Gasteiger partial charge is 0.310 e. The van der Waals surface area contributed by atoms with Gasteiger partial charge in [0, 0.05) is 34.1 Å². The molecule has 0 bridgehead atoms. The summed E-state index contributed by atoms with van der Waals surface area (Å²) in [6.45, 7) is 0. The molecule has 0 amide bonds. The number of nitrogens with zero attached hydrogens (tertiary/aromatic N) is 2. The molecule has 2 aliphatic rings. The van der Waals surface area contributed by atoms with Crippen molar-refractivity contribution in [2.75, 3.05) is 9.80 Å². The fraction of sp³-hybridized carbons (Fsp3) is 0.0169. The van der Waals surface area contributed by atoms with Crippen LogP contribution >= 0.6 is 0 Å². The zero-order valence-electron chi connectivity index (χ0n) is 33.5. The van der Waals surface area contributed by atoms with Crippen LogP contribution in [0.1, 0.15) is 22.3 Å². The minimum Gasteiger partial charge on any atom is -0.310 e. The summed E-state index contributed by atoms with van der Waals surface area (Å²) in [7, 11) is 0. The van der Waals surface area contributed by atoms with Crippen molar-refractivity contribution in [2.45, 2.75) is 5.41 Å². The van der Waals surface area contributed by atoms with E-state index in [0.717, 1.165) is 34.1 Å². The minimum atomic E-state index is -0.546. The van der Waals surface area contributed by atoms with Crippen molar-refractivity contribution >= 4 is 44.9 Å². The van der Waals surface area contributed by atoms with Crippen LogP contribution in [-0.4, -0.2) is 0 Å². The molecule has 2 heteroatoms. The quantitative estimate of drug-likeness (QED) is 0.159. The van der Waals surface area contributed by atoms with E-state index in [2.05, 4.69) is 252 Å². The Labute approximate surface area is 356 Å². The number of benzene rings is 10. The molecule has 61 heavy (non-hydrogen) atoms. The standard InChI is InChI=1S/C59H40N2/c1-5-18-41(19-6-1)49-29-17-20-42-32-33-46(38-54(42)49)61(45-25-11-4-12-26-45)48-35-37-53-51-28-14-16-31-56(51)59(58(53)40-48)55-30-15-13-27-50(55)52-36-34-47(39-57(52)59)60(43-21-7-2-8-22-43)44-23-9-3-10-24-44/h1-40H. The summed E-state index contributed by atoms with van der Waals surface area (Å²) in [4.78, 5) is 4.82. The van der Waals surface area contributed by atoms with Crippen molar-refractivity contribution in [1.82, 2.24) is 0 Å². The monoisotopic (exact) mass is 776 g/mol. The molecule has 10 aromatic carbocycles. The predicted octanol–water partition coefficient (Wildman–Crippen LogP) is 15.8. The fourth-order valence-electron chi connectivity index (χ4n) is 10.3. The molecule has 12 rings (SSSR count). The molecule has 2 aliphatic carbocycles. The van der Waals surface area contributed by atoms with Crippen molar-refractivity contribution in [3.05, 3.63) is 265 Å². The maximum Gasteiger partial charge on any atom is 0.0727 e. The zero-order chi connectivity index (χ0) is 40.3. The van der Waals surface area contributed by atoms with Crippen LogP contribution in [0, 0.1) is 0 Å². The molecular formula is C59H40N2. The number of hydrogen-bond acceptors (Lipinski definition) is 2. The average molecular weight is 777 g/mol. The summed E-state index contributed by atoms with van der Waals surface area (Å²) >= 11 is 0. The fourth-order valence-corrected chi connectivity index (χ4v) is 10.3. The van der Waals surface area contributed by atoms with Crippen LogP contribution in [-0.2, 0) is 5.41 Å². The van der Waals surface area contributed by atoms with Crippen LogP contribution in [0.25, 0.3) is 44.2 Å². The van der Waals surface area contributed by atoms with Gasteiger partial charge in [0.05, 0.1) is 5.41 Å². The van der Waals surface area contributed by atoms with Crippen molar-refractivity contribution in [2.24, 2.45) is 0 Å². The third-order valence-corrected chi connectivity index (χ3v) is 12.8. The van der Waals surface area contributed by atoms with Crippen molar-refractivity contribution in [1.29, 1.82) is 0 Å². The topological polar surface area (TPSA) is 6.48 Å². The van der Waals surface area contributed by atoms with Crippen LogP contribution in [0.4, 0.5) is 34.1 Å². The second kappa shape index (κ2) is 14.1. The highest BCUT2D eigenvalue weighted by atomic mass is 15.1. The molecule has 1 spiro atoms. The van der Waals surface area contributed by atoms with Crippen molar-refractivity contribution in [3.63, 3.8) is 0 Å². The van der Waals surface area contributed by atoms with E-state index < -0.39 is 5.41 Å². The number of hydrogen-bond donors (Lipinski definition) is 0. The van der Waals surface area contributed by atoms with Crippen LogP contribution in [0.15, 0.2) is 243 Å². The van der Waals surface area contributed by atoms with Gasteiger partial charge in [0.1, 0.15) is 0 Å². The van der Waals surface area contributed by atoms with Gasteiger partial charge >= 0.3 is 0 Å². The Morgan fingerprint density at radius 3 is 1.16 bits per heavy atom. The molecule has 0 fully saturated rings. The number of fused-ring (bicyclic) bond motifs is 11. The first kappa shape index (κ1) is 35.0. The summed E-state index contributed by atoms with van der Waals surface area (Å²) in [6, 6.07) is 89.0. The highest BCUT2D eigenvalue weighted by Crippen LogP contribution is 2.64. The van der Waals surface area contributed by atoms with Crippen LogP contribution in [0.3, 0.4) is 0 Å². The number of anilines is 6. The van der Waals surface area contributed by atoms with Gasteiger partial charge in [-0.2, -0.15) is 0 Å². The van der Waals surface area contributed by atoms with E-state index in [1.807, 2.05) is 0 Å². The molecule has 0 aliphatic heterocycles. The molecule has 2 nitrogen and oxygen atoms in total. The van der Waals surface area contributed by atoms with E-state index >= 15 is 0 Å². The second-order valence-electron chi connectivity index (χ2n) is 16.1. The molecule has 10 aromatic rings. The Bertz CT molecular complexity index is 3200. The van der Waals surface area contributed by atoms with Gasteiger partial charge in [0.25, 0.3) is 0 Å². The third kappa shape index (κ3) is 5.43. The Morgan fingerprint density at radius 1 is 0.246 bits per heavy atom. The van der Waals surface area contributed by atoms with Gasteiger partial charge in [0.2, 0.25) is 0 Å². The second-order valence-corrected chi connectivity index (χ2v) is 16.1. The SMILES string of the molecule is c1ccc(-c2cccc3ccc(N(c4ccccc4)c4ccc5c(c4)C4(c6ccccc6-c6ccc(N(c7ccccc7)c7ccccc7)cc64)c4ccccc4-5)cc23)cc1. The first-order valence-electron chi connectivity index (χ1n) is 21.1. The molecule has 0 saturated heterocycles. The third-order valence-electron chi connectivity index (χ3n) is 12.8. The van der Waals surface area contributed by atoms with E-state index in [1.165, 1.54) is 66.4 Å². The molecule has 0 aromatic heterocycles. The summed E-state index contributed by atoms with van der Waals surface area (Å²) in [5.41, 5.74) is 19.0. The molecule has 1 unspecified atom stereocenters. The van der Waals surface area contributed by atoms with Gasteiger partial charge in [-0.05, 0) is 139 Å². The Kier molecular flexibility index (Phi) is 8.11. The maximum atomic E-state index is 2.49. The summed E-state index contributed by atoms with van der Waals surface area (Å²) in [6.07, 6.45) is 0. The molecule has 1 atom stereocenters. The molecule has 0 radical (unpaired) electrons. The first-order chi connectivity index (χ1) is 30.3.